The number of aliphatic imine (C=N–C) groups is 1. The molecule has 1 aliphatic carbocycles. The molecule has 0 aromatic carbocycles. The number of amidine groups is 1. The van der Waals surface area contributed by atoms with Crippen LogP contribution in [0, 0.1) is 11.3 Å². The van der Waals surface area contributed by atoms with Crippen LogP contribution < -0.4 is 11.5 Å². The number of nitrogens with zero attached hydrogens (tertiary/aromatic N) is 2. The van der Waals surface area contributed by atoms with E-state index in [4.69, 9.17) is 16.7 Å². The maximum absolute atomic E-state index is 8.61. The molecule has 0 aliphatic heterocycles. The Labute approximate surface area is 77.9 Å². The largest absolute Gasteiger partial charge is 0.403 e. The fraction of sp³-hybridized carbons (Fsp3) is 0.556. The SMILES string of the molecule is N#CC(=CN)C(N)=NC1CCCC1. The van der Waals surface area contributed by atoms with Crippen molar-refractivity contribution in [3.8, 4) is 6.07 Å². The summed E-state index contributed by atoms with van der Waals surface area (Å²) in [6.07, 6.45) is 5.76. The predicted octanol–water partition coefficient (Wildman–Crippen LogP) is 0.652. The summed E-state index contributed by atoms with van der Waals surface area (Å²) >= 11 is 0. The smallest absolute Gasteiger partial charge is 0.138 e. The van der Waals surface area contributed by atoms with E-state index in [1.54, 1.807) is 0 Å². The van der Waals surface area contributed by atoms with E-state index in [-0.39, 0.29) is 11.4 Å². The van der Waals surface area contributed by atoms with E-state index in [1.807, 2.05) is 6.07 Å². The van der Waals surface area contributed by atoms with Crippen molar-refractivity contribution in [3.63, 3.8) is 0 Å². The van der Waals surface area contributed by atoms with E-state index >= 15 is 0 Å². The monoisotopic (exact) mass is 178 g/mol. The van der Waals surface area contributed by atoms with E-state index in [0.717, 1.165) is 12.8 Å². The lowest BCUT2D eigenvalue weighted by Gasteiger charge is -2.03. The van der Waals surface area contributed by atoms with Crippen LogP contribution in [0.2, 0.25) is 0 Å². The standard InChI is InChI=1S/C9H14N4/c10-5-7(6-11)9(12)13-8-3-1-2-4-8/h5,8H,1-4,10H2,(H2,12,13). The minimum atomic E-state index is 0.270. The number of hydrogen-bond acceptors (Lipinski definition) is 3. The first-order valence-corrected chi connectivity index (χ1v) is 4.43. The summed E-state index contributed by atoms with van der Waals surface area (Å²) in [5.74, 6) is 0.275. The van der Waals surface area contributed by atoms with Gasteiger partial charge in [-0.1, -0.05) is 12.8 Å². The fourth-order valence-electron chi connectivity index (χ4n) is 1.48. The Hall–Kier alpha value is -1.50. The summed E-state index contributed by atoms with van der Waals surface area (Å²) in [6, 6.07) is 2.20. The van der Waals surface area contributed by atoms with Crippen LogP contribution in [0.25, 0.3) is 0 Å². The highest BCUT2D eigenvalue weighted by atomic mass is 14.9. The van der Waals surface area contributed by atoms with Crippen molar-refractivity contribution in [2.75, 3.05) is 0 Å². The van der Waals surface area contributed by atoms with Crippen molar-refractivity contribution >= 4 is 5.84 Å². The topological polar surface area (TPSA) is 88.2 Å². The van der Waals surface area contributed by atoms with Crippen molar-refractivity contribution in [2.24, 2.45) is 16.5 Å². The van der Waals surface area contributed by atoms with E-state index in [9.17, 15) is 0 Å². The summed E-state index contributed by atoms with van der Waals surface area (Å²) in [6.45, 7) is 0. The summed E-state index contributed by atoms with van der Waals surface area (Å²) in [4.78, 5) is 4.24. The van der Waals surface area contributed by atoms with Gasteiger partial charge in [-0.05, 0) is 12.8 Å². The molecule has 0 atom stereocenters. The molecule has 1 rings (SSSR count). The molecule has 70 valence electrons. The molecule has 1 saturated carbocycles. The maximum Gasteiger partial charge on any atom is 0.138 e. The molecule has 4 N–H and O–H groups in total. The van der Waals surface area contributed by atoms with E-state index in [2.05, 4.69) is 4.99 Å². The molecular formula is C9H14N4. The highest BCUT2D eigenvalue weighted by molar-refractivity contribution is 6.00. The zero-order valence-corrected chi connectivity index (χ0v) is 7.53. The van der Waals surface area contributed by atoms with Gasteiger partial charge in [-0.2, -0.15) is 5.26 Å². The number of hydrogen-bond donors (Lipinski definition) is 2. The first-order chi connectivity index (χ1) is 6.27. The van der Waals surface area contributed by atoms with Gasteiger partial charge in [-0.25, -0.2) is 0 Å². The Morgan fingerprint density at radius 1 is 1.46 bits per heavy atom. The molecule has 4 heteroatoms. The van der Waals surface area contributed by atoms with E-state index in [1.165, 1.54) is 19.0 Å². The number of nitriles is 1. The van der Waals surface area contributed by atoms with Crippen molar-refractivity contribution < 1.29 is 0 Å². The molecule has 1 aliphatic rings. The highest BCUT2D eigenvalue weighted by Crippen LogP contribution is 2.21. The molecule has 4 nitrogen and oxygen atoms in total. The first kappa shape index (κ1) is 9.59. The van der Waals surface area contributed by atoms with Crippen LogP contribution in [-0.4, -0.2) is 11.9 Å². The zero-order chi connectivity index (χ0) is 9.68. The van der Waals surface area contributed by atoms with E-state index < -0.39 is 0 Å². The minimum Gasteiger partial charge on any atom is -0.403 e. The molecule has 1 fully saturated rings. The first-order valence-electron chi connectivity index (χ1n) is 4.43. The average molecular weight is 178 g/mol. The normalized spacial score (nSPS) is 20.2. The van der Waals surface area contributed by atoms with Crippen LogP contribution in [-0.2, 0) is 0 Å². The van der Waals surface area contributed by atoms with Gasteiger partial charge >= 0.3 is 0 Å². The molecule has 0 saturated heterocycles. The molecule has 0 aromatic heterocycles. The number of rotatable bonds is 2. The van der Waals surface area contributed by atoms with Crippen molar-refractivity contribution in [1.29, 1.82) is 5.26 Å². The second-order valence-corrected chi connectivity index (χ2v) is 3.14. The van der Waals surface area contributed by atoms with Gasteiger partial charge in [-0.15, -0.1) is 0 Å². The Balaban J connectivity index is 2.65. The van der Waals surface area contributed by atoms with Gasteiger partial charge in [0.25, 0.3) is 0 Å². The molecule has 0 unspecified atom stereocenters. The predicted molar refractivity (Wildman–Crippen MR) is 51.8 cm³/mol. The maximum atomic E-state index is 8.61. The molecule has 0 radical (unpaired) electrons. The van der Waals surface area contributed by atoms with Crippen LogP contribution >= 0.6 is 0 Å². The van der Waals surface area contributed by atoms with Gasteiger partial charge in [0.15, 0.2) is 0 Å². The number of nitrogens with two attached hydrogens (primary N) is 2. The molecule has 0 amide bonds. The van der Waals surface area contributed by atoms with Gasteiger partial charge < -0.3 is 11.5 Å². The molecule has 13 heavy (non-hydrogen) atoms. The van der Waals surface area contributed by atoms with Crippen molar-refractivity contribution in [2.45, 2.75) is 31.7 Å². The van der Waals surface area contributed by atoms with Gasteiger partial charge in [-0.3, -0.25) is 4.99 Å². The van der Waals surface area contributed by atoms with Crippen LogP contribution in [0.4, 0.5) is 0 Å². The van der Waals surface area contributed by atoms with Gasteiger partial charge in [0.2, 0.25) is 0 Å². The van der Waals surface area contributed by atoms with E-state index in [0.29, 0.717) is 6.04 Å². The lowest BCUT2D eigenvalue weighted by Crippen LogP contribution is -2.18. The Morgan fingerprint density at radius 3 is 2.54 bits per heavy atom. The second kappa shape index (κ2) is 4.51. The lowest BCUT2D eigenvalue weighted by atomic mass is 10.2. The highest BCUT2D eigenvalue weighted by Gasteiger charge is 2.14. The summed E-state index contributed by atoms with van der Waals surface area (Å²) < 4.78 is 0. The Kier molecular flexibility index (Phi) is 3.32. The summed E-state index contributed by atoms with van der Waals surface area (Å²) in [7, 11) is 0. The van der Waals surface area contributed by atoms with Crippen LogP contribution in [0.15, 0.2) is 16.8 Å². The average Bonchev–Trinajstić information content (AvgIpc) is 2.59. The molecule has 0 bridgehead atoms. The third-order valence-corrected chi connectivity index (χ3v) is 2.21. The summed E-state index contributed by atoms with van der Waals surface area (Å²) in [5.41, 5.74) is 11.1. The van der Waals surface area contributed by atoms with Crippen LogP contribution in [0.3, 0.4) is 0 Å². The summed E-state index contributed by atoms with van der Waals surface area (Å²) in [5, 5.41) is 8.61. The molecule has 0 aromatic rings. The Morgan fingerprint density at radius 2 is 2.08 bits per heavy atom. The molecule has 0 spiro atoms. The quantitative estimate of drug-likeness (QED) is 0.369. The zero-order valence-electron chi connectivity index (χ0n) is 7.53. The lowest BCUT2D eigenvalue weighted by molar-refractivity contribution is 0.706. The third kappa shape index (κ3) is 2.48. The minimum absolute atomic E-state index is 0.270. The molecule has 0 heterocycles. The third-order valence-electron chi connectivity index (χ3n) is 2.21. The van der Waals surface area contributed by atoms with Gasteiger partial charge in [0.1, 0.15) is 17.5 Å². The van der Waals surface area contributed by atoms with Crippen molar-refractivity contribution in [3.05, 3.63) is 11.8 Å². The van der Waals surface area contributed by atoms with Crippen LogP contribution in [0.1, 0.15) is 25.7 Å². The Bertz CT molecular complexity index is 266. The van der Waals surface area contributed by atoms with Gasteiger partial charge in [0.05, 0.1) is 6.04 Å². The fourth-order valence-corrected chi connectivity index (χ4v) is 1.48. The van der Waals surface area contributed by atoms with Gasteiger partial charge in [0, 0.05) is 6.20 Å². The molecular weight excluding hydrogens is 164 g/mol. The van der Waals surface area contributed by atoms with Crippen molar-refractivity contribution in [1.82, 2.24) is 0 Å². The second-order valence-electron chi connectivity index (χ2n) is 3.14. The van der Waals surface area contributed by atoms with Crippen LogP contribution in [0.5, 0.6) is 0 Å².